The monoisotopic (exact) mass is 590 g/mol. The topological polar surface area (TPSA) is 38.9 Å². The second-order valence-corrected chi connectivity index (χ2v) is 18.7. The van der Waals surface area contributed by atoms with E-state index in [0.29, 0.717) is 10.8 Å². The van der Waals surface area contributed by atoms with Crippen molar-refractivity contribution in [2.24, 2.45) is 0 Å². The van der Waals surface area contributed by atoms with Gasteiger partial charge >= 0.3 is 0 Å². The van der Waals surface area contributed by atoms with E-state index in [1.54, 1.807) is 6.26 Å². The van der Waals surface area contributed by atoms with Crippen LogP contribution in [0.2, 0.25) is 0 Å². The van der Waals surface area contributed by atoms with Crippen LogP contribution in [0.5, 0.6) is 0 Å². The van der Waals surface area contributed by atoms with Gasteiger partial charge in [0, 0.05) is 32.2 Å². The second-order valence-electron chi connectivity index (χ2n) is 16.8. The summed E-state index contributed by atoms with van der Waals surface area (Å²) in [4.78, 5) is 11.8. The van der Waals surface area contributed by atoms with Crippen LogP contribution in [-0.4, -0.2) is 9.97 Å². The van der Waals surface area contributed by atoms with Gasteiger partial charge in [-0.2, -0.15) is 0 Å². The molecule has 0 N–H and O–H groups in total. The number of thiophene rings is 1. The smallest absolute Gasteiger partial charge is 0.199 e. The summed E-state index contributed by atoms with van der Waals surface area (Å²) in [6.45, 7) is 39.6. The Hall–Kier alpha value is -1.46. The highest BCUT2D eigenvalue weighted by molar-refractivity contribution is 7.12. The lowest BCUT2D eigenvalue weighted by Gasteiger charge is -2.18. The number of hydrogen-bond acceptors (Lipinski definition) is 5. The van der Waals surface area contributed by atoms with Gasteiger partial charge in [0.05, 0.1) is 10.7 Å². The standard InChI is InChI=1S/C12H20S.C11H19NO.C11H19NS.CH4/c1-11(2,3)9-7-10(13-8-9)12(4,5)6;1-10(2,3)8-7-13-9(12-8)11(4,5)6;1-10(2,3)8-7-12-9(13-8)11(4,5)6;/h7-8H,1-6H3;2*7H,1-6H3;1H4. The van der Waals surface area contributed by atoms with Crippen LogP contribution < -0.4 is 0 Å². The van der Waals surface area contributed by atoms with Gasteiger partial charge in [0.15, 0.2) is 5.89 Å². The highest BCUT2D eigenvalue weighted by Crippen LogP contribution is 2.34. The minimum atomic E-state index is 0. The van der Waals surface area contributed by atoms with E-state index >= 15 is 0 Å². The fourth-order valence-electron chi connectivity index (χ4n) is 3.05. The van der Waals surface area contributed by atoms with E-state index in [-0.39, 0.29) is 29.1 Å². The Morgan fingerprint density at radius 3 is 1.32 bits per heavy atom. The summed E-state index contributed by atoms with van der Waals surface area (Å²) in [5.74, 6) is 0.817. The summed E-state index contributed by atoms with van der Waals surface area (Å²) < 4.78 is 5.44. The first-order chi connectivity index (χ1) is 17.1. The van der Waals surface area contributed by atoms with Crippen molar-refractivity contribution >= 4 is 22.7 Å². The SMILES string of the molecule is C.CC(C)(C)c1cnc(C(C)(C)C)s1.CC(C)(C)c1coc(C(C)(C)C)n1.CC(C)(C)c1csc(C(C)(C)C)c1. The summed E-state index contributed by atoms with van der Waals surface area (Å²) in [5, 5.41) is 3.53. The zero-order chi connectivity index (χ0) is 30.8. The maximum absolute atomic E-state index is 5.44. The highest BCUT2D eigenvalue weighted by Gasteiger charge is 2.25. The molecule has 0 saturated carbocycles. The Bertz CT molecular complexity index is 919. The molecule has 40 heavy (non-hydrogen) atoms. The van der Waals surface area contributed by atoms with Crippen LogP contribution >= 0.6 is 22.7 Å². The first-order valence-corrected chi connectivity index (χ1v) is 15.9. The number of oxazole rings is 1. The molecule has 0 aliphatic rings. The van der Waals surface area contributed by atoms with Crippen LogP contribution in [0.3, 0.4) is 0 Å². The van der Waals surface area contributed by atoms with Crippen molar-refractivity contribution in [3.05, 3.63) is 55.8 Å². The average molecular weight is 591 g/mol. The van der Waals surface area contributed by atoms with E-state index < -0.39 is 0 Å². The molecular weight excluding hydrogens is 529 g/mol. The zero-order valence-electron chi connectivity index (χ0n) is 28.4. The van der Waals surface area contributed by atoms with Gasteiger partial charge in [-0.25, -0.2) is 9.97 Å². The molecule has 3 heterocycles. The predicted molar refractivity (Wildman–Crippen MR) is 182 cm³/mol. The molecule has 3 aromatic rings. The van der Waals surface area contributed by atoms with Gasteiger partial charge in [-0.3, -0.25) is 0 Å². The fourth-order valence-corrected chi connectivity index (χ4v) is 5.31. The van der Waals surface area contributed by atoms with Crippen molar-refractivity contribution < 1.29 is 4.42 Å². The quantitative estimate of drug-likeness (QED) is 0.261. The summed E-state index contributed by atoms with van der Waals surface area (Å²) in [7, 11) is 0. The van der Waals surface area contributed by atoms with Crippen molar-refractivity contribution in [3.8, 4) is 0 Å². The fraction of sp³-hybridized carbons (Fsp3) is 0.714. The third-order valence-corrected chi connectivity index (χ3v) is 9.21. The largest absolute Gasteiger partial charge is 0.448 e. The lowest BCUT2D eigenvalue weighted by Crippen LogP contribution is -2.15. The minimum Gasteiger partial charge on any atom is -0.448 e. The van der Waals surface area contributed by atoms with E-state index in [1.807, 2.05) is 28.9 Å². The third-order valence-electron chi connectivity index (χ3n) is 6.01. The third kappa shape index (κ3) is 12.2. The summed E-state index contributed by atoms with van der Waals surface area (Å²) in [5.41, 5.74) is 3.58. The van der Waals surface area contributed by atoms with E-state index in [9.17, 15) is 0 Å². The maximum Gasteiger partial charge on any atom is 0.199 e. The number of nitrogens with zero attached hydrogens (tertiary/aromatic N) is 2. The van der Waals surface area contributed by atoms with Crippen LogP contribution in [0.15, 0.2) is 28.3 Å². The summed E-state index contributed by atoms with van der Waals surface area (Å²) in [6, 6.07) is 2.35. The van der Waals surface area contributed by atoms with Gasteiger partial charge in [-0.1, -0.05) is 132 Å². The number of thiazole rings is 1. The van der Waals surface area contributed by atoms with E-state index in [1.165, 1.54) is 20.3 Å². The van der Waals surface area contributed by atoms with Crippen LogP contribution in [0.1, 0.15) is 164 Å². The molecule has 0 radical (unpaired) electrons. The van der Waals surface area contributed by atoms with Gasteiger partial charge in [-0.05, 0) is 33.3 Å². The van der Waals surface area contributed by atoms with Crippen molar-refractivity contribution in [2.45, 2.75) is 165 Å². The molecule has 0 saturated heterocycles. The van der Waals surface area contributed by atoms with Crippen LogP contribution in [0.25, 0.3) is 0 Å². The predicted octanol–water partition coefficient (Wildman–Crippen LogP) is 12.0. The van der Waals surface area contributed by atoms with Gasteiger partial charge in [0.1, 0.15) is 6.26 Å². The van der Waals surface area contributed by atoms with Crippen LogP contribution in [0, 0.1) is 0 Å². The molecule has 0 spiro atoms. The normalized spacial score (nSPS) is 13.1. The Balaban J connectivity index is 0.000000563. The molecule has 0 aliphatic heterocycles. The molecule has 3 nitrogen and oxygen atoms in total. The zero-order valence-corrected chi connectivity index (χ0v) is 30.1. The van der Waals surface area contributed by atoms with E-state index in [2.05, 4.69) is 146 Å². The molecule has 0 amide bonds. The Labute approximate surface area is 256 Å². The van der Waals surface area contributed by atoms with Crippen molar-refractivity contribution in [1.29, 1.82) is 0 Å². The number of rotatable bonds is 0. The molecule has 3 aromatic heterocycles. The summed E-state index contributed by atoms with van der Waals surface area (Å²) >= 11 is 3.72. The van der Waals surface area contributed by atoms with Crippen molar-refractivity contribution in [3.63, 3.8) is 0 Å². The van der Waals surface area contributed by atoms with Crippen LogP contribution in [0.4, 0.5) is 0 Å². The molecular formula is C35H62N2OS2. The molecule has 0 aliphatic carbocycles. The van der Waals surface area contributed by atoms with E-state index in [0.717, 1.165) is 11.6 Å². The average Bonchev–Trinajstić information content (AvgIpc) is 3.45. The molecule has 3 rings (SSSR count). The van der Waals surface area contributed by atoms with Gasteiger partial charge in [0.2, 0.25) is 0 Å². The molecule has 0 atom stereocenters. The van der Waals surface area contributed by atoms with Crippen molar-refractivity contribution in [1.82, 2.24) is 9.97 Å². The molecule has 0 aromatic carbocycles. The van der Waals surface area contributed by atoms with Crippen molar-refractivity contribution in [2.75, 3.05) is 0 Å². The van der Waals surface area contributed by atoms with Gasteiger partial charge < -0.3 is 4.42 Å². The Morgan fingerprint density at radius 1 is 0.600 bits per heavy atom. The van der Waals surface area contributed by atoms with Gasteiger partial charge in [0.25, 0.3) is 0 Å². The molecule has 5 heteroatoms. The summed E-state index contributed by atoms with van der Waals surface area (Å²) in [6.07, 6.45) is 3.78. The van der Waals surface area contributed by atoms with Crippen LogP contribution in [-0.2, 0) is 32.5 Å². The minimum absolute atomic E-state index is 0. The Kier molecular flexibility index (Phi) is 12.8. The number of hydrogen-bond donors (Lipinski definition) is 0. The lowest BCUT2D eigenvalue weighted by atomic mass is 9.87. The second kappa shape index (κ2) is 13.2. The van der Waals surface area contributed by atoms with E-state index in [4.69, 9.17) is 4.42 Å². The molecule has 0 unspecified atom stereocenters. The highest BCUT2D eigenvalue weighted by atomic mass is 32.1. The first-order valence-electron chi connectivity index (χ1n) is 14.2. The molecule has 230 valence electrons. The molecule has 0 fully saturated rings. The Morgan fingerprint density at radius 2 is 1.10 bits per heavy atom. The lowest BCUT2D eigenvalue weighted by molar-refractivity contribution is 0.392. The molecule has 0 bridgehead atoms. The van der Waals surface area contributed by atoms with Gasteiger partial charge in [-0.15, -0.1) is 22.7 Å². The maximum atomic E-state index is 5.44. The number of aromatic nitrogens is 2. The first kappa shape index (κ1) is 38.5.